The first-order valence-electron chi connectivity index (χ1n) is 7.61. The van der Waals surface area contributed by atoms with Crippen LogP contribution in [0.5, 0.6) is 5.75 Å². The molecule has 1 unspecified atom stereocenters. The molecule has 2 aliphatic heterocycles. The second-order valence-corrected chi connectivity index (χ2v) is 5.90. The molecule has 2 aromatic carbocycles. The number of benzene rings is 2. The molecule has 1 atom stereocenters. The smallest absolute Gasteiger partial charge is 0.262 e. The molecule has 5 nitrogen and oxygen atoms in total. The Kier molecular flexibility index (Phi) is 3.08. The molecule has 23 heavy (non-hydrogen) atoms. The largest absolute Gasteiger partial charge is 0.482 e. The Balaban J connectivity index is 1.70. The highest BCUT2D eigenvalue weighted by Crippen LogP contribution is 2.34. The van der Waals surface area contributed by atoms with E-state index >= 15 is 0 Å². The van der Waals surface area contributed by atoms with E-state index < -0.39 is 0 Å². The van der Waals surface area contributed by atoms with E-state index in [1.54, 1.807) is 18.2 Å². The van der Waals surface area contributed by atoms with Gasteiger partial charge in [0, 0.05) is 17.3 Å². The molecule has 0 saturated heterocycles. The van der Waals surface area contributed by atoms with Gasteiger partial charge in [-0.2, -0.15) is 0 Å². The molecule has 0 spiro atoms. The van der Waals surface area contributed by atoms with Crippen LogP contribution in [-0.4, -0.2) is 24.5 Å². The van der Waals surface area contributed by atoms with Gasteiger partial charge < -0.3 is 15.0 Å². The summed E-state index contributed by atoms with van der Waals surface area (Å²) in [6, 6.07) is 13.2. The highest BCUT2D eigenvalue weighted by Gasteiger charge is 2.31. The number of carbonyl (C=O) groups is 2. The topological polar surface area (TPSA) is 58.6 Å². The fraction of sp³-hybridized carbons (Fsp3) is 0.222. The van der Waals surface area contributed by atoms with Crippen molar-refractivity contribution in [3.05, 3.63) is 53.6 Å². The average molecular weight is 308 g/mol. The van der Waals surface area contributed by atoms with Crippen molar-refractivity contribution in [2.75, 3.05) is 16.8 Å². The van der Waals surface area contributed by atoms with Gasteiger partial charge in [-0.15, -0.1) is 0 Å². The zero-order chi connectivity index (χ0) is 16.0. The van der Waals surface area contributed by atoms with Crippen LogP contribution in [0.2, 0.25) is 0 Å². The van der Waals surface area contributed by atoms with Crippen molar-refractivity contribution in [2.24, 2.45) is 0 Å². The number of rotatable bonds is 1. The van der Waals surface area contributed by atoms with E-state index in [2.05, 4.69) is 11.4 Å². The van der Waals surface area contributed by atoms with Gasteiger partial charge in [-0.05, 0) is 43.2 Å². The molecule has 116 valence electrons. The quantitative estimate of drug-likeness (QED) is 0.881. The van der Waals surface area contributed by atoms with E-state index in [9.17, 15) is 9.59 Å². The lowest BCUT2D eigenvalue weighted by Gasteiger charge is -2.24. The van der Waals surface area contributed by atoms with Crippen LogP contribution < -0.4 is 15.0 Å². The third kappa shape index (κ3) is 2.25. The second kappa shape index (κ2) is 5.12. The first-order valence-corrected chi connectivity index (χ1v) is 7.61. The van der Waals surface area contributed by atoms with Crippen molar-refractivity contribution in [1.82, 2.24) is 0 Å². The number of amides is 2. The van der Waals surface area contributed by atoms with Crippen LogP contribution in [0.15, 0.2) is 42.5 Å². The maximum atomic E-state index is 13.0. The van der Waals surface area contributed by atoms with Gasteiger partial charge in [0.1, 0.15) is 5.75 Å². The van der Waals surface area contributed by atoms with Gasteiger partial charge in [-0.3, -0.25) is 9.59 Å². The minimum absolute atomic E-state index is 0.0107. The van der Waals surface area contributed by atoms with Crippen LogP contribution >= 0.6 is 0 Å². The molecule has 1 N–H and O–H groups in total. The Morgan fingerprint density at radius 1 is 1.26 bits per heavy atom. The lowest BCUT2D eigenvalue weighted by Crippen LogP contribution is -2.36. The van der Waals surface area contributed by atoms with E-state index in [0.29, 0.717) is 17.0 Å². The molecule has 4 rings (SSSR count). The predicted octanol–water partition coefficient (Wildman–Crippen LogP) is 2.61. The molecule has 0 radical (unpaired) electrons. The summed E-state index contributed by atoms with van der Waals surface area (Å²) in [5.41, 5.74) is 3.23. The third-order valence-corrected chi connectivity index (χ3v) is 4.29. The number of fused-ring (bicyclic) bond motifs is 2. The molecule has 0 bridgehead atoms. The number of nitrogens with one attached hydrogen (secondary N) is 1. The standard InChI is InChI=1S/C18H16N2O3/c1-11-8-12-4-2-3-5-15(12)20(11)18(22)13-6-7-16-14(9-13)19-17(21)10-23-16/h2-7,9,11H,8,10H2,1H3,(H,19,21). The fourth-order valence-electron chi connectivity index (χ4n) is 3.23. The third-order valence-electron chi connectivity index (χ3n) is 4.29. The van der Waals surface area contributed by atoms with Crippen molar-refractivity contribution in [1.29, 1.82) is 0 Å². The number of nitrogens with zero attached hydrogens (tertiary/aromatic N) is 1. The average Bonchev–Trinajstić information content (AvgIpc) is 2.89. The molecule has 0 aliphatic carbocycles. The van der Waals surface area contributed by atoms with Crippen LogP contribution in [0.1, 0.15) is 22.8 Å². The van der Waals surface area contributed by atoms with E-state index in [1.165, 1.54) is 5.56 Å². The van der Waals surface area contributed by atoms with Crippen molar-refractivity contribution < 1.29 is 14.3 Å². The minimum Gasteiger partial charge on any atom is -0.482 e. The van der Waals surface area contributed by atoms with Gasteiger partial charge in [0.15, 0.2) is 6.61 Å². The van der Waals surface area contributed by atoms with E-state index in [4.69, 9.17) is 4.74 Å². The Hall–Kier alpha value is -2.82. The number of anilines is 2. The Morgan fingerprint density at radius 2 is 2.09 bits per heavy atom. The Morgan fingerprint density at radius 3 is 2.96 bits per heavy atom. The first kappa shape index (κ1) is 13.8. The van der Waals surface area contributed by atoms with Crippen molar-refractivity contribution in [3.8, 4) is 5.75 Å². The lowest BCUT2D eigenvalue weighted by atomic mass is 10.1. The molecular formula is C18H16N2O3. The monoisotopic (exact) mass is 308 g/mol. The summed E-state index contributed by atoms with van der Waals surface area (Å²) in [6.07, 6.45) is 0.854. The fourth-order valence-corrected chi connectivity index (χ4v) is 3.23. The van der Waals surface area contributed by atoms with E-state index in [-0.39, 0.29) is 24.5 Å². The minimum atomic E-state index is -0.206. The van der Waals surface area contributed by atoms with Crippen LogP contribution in [0.25, 0.3) is 0 Å². The summed E-state index contributed by atoms with van der Waals surface area (Å²) in [5, 5.41) is 2.74. The molecule has 2 heterocycles. The molecule has 5 heteroatoms. The highest BCUT2D eigenvalue weighted by molar-refractivity contribution is 6.09. The summed E-state index contributed by atoms with van der Waals surface area (Å²) in [5.74, 6) is 0.322. The van der Waals surface area contributed by atoms with Gasteiger partial charge in [-0.25, -0.2) is 0 Å². The second-order valence-electron chi connectivity index (χ2n) is 5.90. The summed E-state index contributed by atoms with van der Waals surface area (Å²) in [6.45, 7) is 2.05. The number of ether oxygens (including phenoxy) is 1. The summed E-state index contributed by atoms with van der Waals surface area (Å²) >= 11 is 0. The number of para-hydroxylation sites is 1. The van der Waals surface area contributed by atoms with Gasteiger partial charge in [0.05, 0.1) is 5.69 Å². The molecule has 0 aromatic heterocycles. The Labute approximate surface area is 133 Å². The molecule has 2 aromatic rings. The maximum absolute atomic E-state index is 13.0. The van der Waals surface area contributed by atoms with Gasteiger partial charge in [0.2, 0.25) is 0 Å². The molecule has 0 fully saturated rings. The van der Waals surface area contributed by atoms with Crippen molar-refractivity contribution >= 4 is 23.2 Å². The number of hydrogen-bond donors (Lipinski definition) is 1. The molecule has 2 aliphatic rings. The summed E-state index contributed by atoms with van der Waals surface area (Å²) in [4.78, 5) is 26.2. The first-order chi connectivity index (χ1) is 11.1. The van der Waals surface area contributed by atoms with E-state index in [1.807, 2.05) is 30.0 Å². The number of carbonyl (C=O) groups excluding carboxylic acids is 2. The van der Waals surface area contributed by atoms with Crippen LogP contribution in [0, 0.1) is 0 Å². The predicted molar refractivity (Wildman–Crippen MR) is 87.0 cm³/mol. The zero-order valence-electron chi connectivity index (χ0n) is 12.7. The summed E-state index contributed by atoms with van der Waals surface area (Å²) in [7, 11) is 0. The lowest BCUT2D eigenvalue weighted by molar-refractivity contribution is -0.118. The van der Waals surface area contributed by atoms with Gasteiger partial charge in [0.25, 0.3) is 11.8 Å². The number of hydrogen-bond acceptors (Lipinski definition) is 3. The maximum Gasteiger partial charge on any atom is 0.262 e. The molecular weight excluding hydrogens is 292 g/mol. The SMILES string of the molecule is CC1Cc2ccccc2N1C(=O)c1ccc2c(c1)NC(=O)CO2. The van der Waals surface area contributed by atoms with Crippen molar-refractivity contribution in [3.63, 3.8) is 0 Å². The summed E-state index contributed by atoms with van der Waals surface area (Å²) < 4.78 is 5.34. The van der Waals surface area contributed by atoms with Crippen LogP contribution in [-0.2, 0) is 11.2 Å². The van der Waals surface area contributed by atoms with Crippen LogP contribution in [0.4, 0.5) is 11.4 Å². The van der Waals surface area contributed by atoms with Crippen molar-refractivity contribution in [2.45, 2.75) is 19.4 Å². The molecule has 0 saturated carbocycles. The van der Waals surface area contributed by atoms with E-state index in [0.717, 1.165) is 12.1 Å². The highest BCUT2D eigenvalue weighted by atomic mass is 16.5. The molecule has 2 amide bonds. The van der Waals surface area contributed by atoms with Crippen LogP contribution in [0.3, 0.4) is 0 Å². The van der Waals surface area contributed by atoms with Gasteiger partial charge in [-0.1, -0.05) is 18.2 Å². The van der Waals surface area contributed by atoms with Gasteiger partial charge >= 0.3 is 0 Å². The normalized spacial score (nSPS) is 18.7. The Bertz CT molecular complexity index is 816. The zero-order valence-corrected chi connectivity index (χ0v) is 12.7.